The van der Waals surface area contributed by atoms with Gasteiger partial charge in [-0.2, -0.15) is 0 Å². The molecule has 0 fully saturated rings. The molecule has 0 spiro atoms. The molecule has 2 rings (SSSR count). The molecule has 1 heterocycles. The lowest BCUT2D eigenvalue weighted by atomic mass is 9.94. The summed E-state index contributed by atoms with van der Waals surface area (Å²) < 4.78 is 5.77. The van der Waals surface area contributed by atoms with Gasteiger partial charge in [0.2, 0.25) is 5.89 Å². The fourth-order valence-corrected chi connectivity index (χ4v) is 2.37. The molecule has 0 amide bonds. The standard InChI is InChI=1S/C20H30N4O2/c1-6-21-18(23-13-17-22-12-16(26-17)19(2,3)4)24-14-20(5,25)15-10-8-7-9-11-15/h7-12,25H,6,13-14H2,1-5H3,(H2,21,23,24). The third-order valence-corrected chi connectivity index (χ3v) is 4.01. The third-order valence-electron chi connectivity index (χ3n) is 4.01. The lowest BCUT2D eigenvalue weighted by Crippen LogP contribution is -2.44. The summed E-state index contributed by atoms with van der Waals surface area (Å²) >= 11 is 0. The molecule has 3 N–H and O–H groups in total. The molecule has 1 aromatic heterocycles. The largest absolute Gasteiger partial charge is 0.443 e. The van der Waals surface area contributed by atoms with Crippen molar-refractivity contribution in [1.29, 1.82) is 0 Å². The van der Waals surface area contributed by atoms with Gasteiger partial charge in [-0.15, -0.1) is 0 Å². The Morgan fingerprint density at radius 3 is 2.42 bits per heavy atom. The van der Waals surface area contributed by atoms with E-state index in [1.165, 1.54) is 0 Å². The molecular formula is C20H30N4O2. The molecule has 1 aromatic carbocycles. The maximum absolute atomic E-state index is 10.7. The lowest BCUT2D eigenvalue weighted by Gasteiger charge is -2.25. The second-order valence-electron chi connectivity index (χ2n) is 7.56. The predicted octanol–water partition coefficient (Wildman–Crippen LogP) is 2.93. The Labute approximate surface area is 155 Å². The van der Waals surface area contributed by atoms with Crippen molar-refractivity contribution >= 4 is 5.96 Å². The van der Waals surface area contributed by atoms with Crippen molar-refractivity contribution in [3.8, 4) is 0 Å². The van der Waals surface area contributed by atoms with Crippen LogP contribution in [0, 0.1) is 0 Å². The van der Waals surface area contributed by atoms with Gasteiger partial charge < -0.3 is 20.2 Å². The first-order valence-corrected chi connectivity index (χ1v) is 8.97. The van der Waals surface area contributed by atoms with E-state index in [1.807, 2.05) is 37.3 Å². The molecule has 0 saturated carbocycles. The van der Waals surface area contributed by atoms with Crippen LogP contribution in [0.5, 0.6) is 0 Å². The molecule has 0 bridgehead atoms. The summed E-state index contributed by atoms with van der Waals surface area (Å²) in [6.45, 7) is 11.4. The van der Waals surface area contributed by atoms with Gasteiger partial charge in [0, 0.05) is 12.0 Å². The number of aromatic nitrogens is 1. The molecule has 142 valence electrons. The molecule has 0 saturated heterocycles. The SMILES string of the molecule is CCNC(=NCc1ncc(C(C)(C)C)o1)NCC(C)(O)c1ccccc1. The van der Waals surface area contributed by atoms with Crippen molar-refractivity contribution in [1.82, 2.24) is 15.6 Å². The van der Waals surface area contributed by atoms with Crippen LogP contribution in [0.2, 0.25) is 0 Å². The van der Waals surface area contributed by atoms with Gasteiger partial charge in [-0.3, -0.25) is 0 Å². The quantitative estimate of drug-likeness (QED) is 0.546. The topological polar surface area (TPSA) is 82.7 Å². The van der Waals surface area contributed by atoms with Gasteiger partial charge in [-0.1, -0.05) is 51.1 Å². The smallest absolute Gasteiger partial charge is 0.216 e. The molecule has 0 aliphatic heterocycles. The fraction of sp³-hybridized carbons (Fsp3) is 0.500. The number of rotatable bonds is 6. The van der Waals surface area contributed by atoms with Crippen LogP contribution < -0.4 is 10.6 Å². The van der Waals surface area contributed by atoms with E-state index in [-0.39, 0.29) is 5.41 Å². The van der Waals surface area contributed by atoms with Crippen molar-refractivity contribution in [2.45, 2.75) is 52.2 Å². The molecule has 1 unspecified atom stereocenters. The minimum atomic E-state index is -1.00. The highest BCUT2D eigenvalue weighted by atomic mass is 16.4. The molecule has 1 atom stereocenters. The summed E-state index contributed by atoms with van der Waals surface area (Å²) in [4.78, 5) is 8.80. The first-order valence-electron chi connectivity index (χ1n) is 8.97. The molecule has 26 heavy (non-hydrogen) atoms. The van der Waals surface area contributed by atoms with Crippen LogP contribution in [0.1, 0.15) is 51.8 Å². The predicted molar refractivity (Wildman–Crippen MR) is 104 cm³/mol. The molecule has 0 aliphatic carbocycles. The molecule has 6 heteroatoms. The number of oxazole rings is 1. The molecule has 6 nitrogen and oxygen atoms in total. The summed E-state index contributed by atoms with van der Waals surface area (Å²) in [7, 11) is 0. The van der Waals surface area contributed by atoms with Crippen molar-refractivity contribution in [2.75, 3.05) is 13.1 Å². The van der Waals surface area contributed by atoms with Gasteiger partial charge in [0.05, 0.1) is 12.7 Å². The maximum Gasteiger partial charge on any atom is 0.216 e. The van der Waals surface area contributed by atoms with Crippen molar-refractivity contribution in [3.05, 3.63) is 53.7 Å². The van der Waals surface area contributed by atoms with Crippen LogP contribution in [-0.4, -0.2) is 29.1 Å². The highest BCUT2D eigenvalue weighted by Crippen LogP contribution is 2.23. The number of benzene rings is 1. The van der Waals surface area contributed by atoms with Crippen molar-refractivity contribution < 1.29 is 9.52 Å². The Morgan fingerprint density at radius 2 is 1.85 bits per heavy atom. The van der Waals surface area contributed by atoms with Crippen LogP contribution in [0.4, 0.5) is 0 Å². The van der Waals surface area contributed by atoms with E-state index in [2.05, 4.69) is 41.4 Å². The molecule has 0 radical (unpaired) electrons. The van der Waals surface area contributed by atoms with E-state index in [9.17, 15) is 5.11 Å². The minimum Gasteiger partial charge on any atom is -0.443 e. The zero-order valence-electron chi connectivity index (χ0n) is 16.3. The number of nitrogens with one attached hydrogen (secondary N) is 2. The number of aliphatic imine (C=N–C) groups is 1. The number of hydrogen-bond acceptors (Lipinski definition) is 4. The number of hydrogen-bond donors (Lipinski definition) is 3. The van der Waals surface area contributed by atoms with Crippen molar-refractivity contribution in [3.63, 3.8) is 0 Å². The Balaban J connectivity index is 2.01. The number of aliphatic hydroxyl groups is 1. The van der Waals surface area contributed by atoms with E-state index >= 15 is 0 Å². The second-order valence-corrected chi connectivity index (χ2v) is 7.56. The summed E-state index contributed by atoms with van der Waals surface area (Å²) in [5.74, 6) is 2.02. The van der Waals surface area contributed by atoms with Gasteiger partial charge in [-0.25, -0.2) is 9.98 Å². The average Bonchev–Trinajstić information content (AvgIpc) is 3.07. The summed E-state index contributed by atoms with van der Waals surface area (Å²) in [6, 6.07) is 9.58. The summed E-state index contributed by atoms with van der Waals surface area (Å²) in [5, 5.41) is 17.1. The van der Waals surface area contributed by atoms with Gasteiger partial charge in [0.1, 0.15) is 17.9 Å². The first kappa shape index (κ1) is 20.0. The normalized spacial score (nSPS) is 14.8. The van der Waals surface area contributed by atoms with E-state index in [4.69, 9.17) is 4.42 Å². The zero-order chi connectivity index (χ0) is 19.2. The first-order chi connectivity index (χ1) is 12.2. The fourth-order valence-electron chi connectivity index (χ4n) is 2.37. The Kier molecular flexibility index (Phi) is 6.42. The van der Waals surface area contributed by atoms with Crippen LogP contribution >= 0.6 is 0 Å². The third kappa shape index (κ3) is 5.59. The molecule has 2 aromatic rings. The second kappa shape index (κ2) is 8.36. The van der Waals surface area contributed by atoms with E-state index in [0.717, 1.165) is 17.9 Å². The van der Waals surface area contributed by atoms with Crippen LogP contribution in [0.15, 0.2) is 45.9 Å². The molecule has 0 aliphatic rings. The van der Waals surface area contributed by atoms with E-state index < -0.39 is 5.60 Å². The van der Waals surface area contributed by atoms with Gasteiger partial charge >= 0.3 is 0 Å². The Bertz CT molecular complexity index is 715. The van der Waals surface area contributed by atoms with Crippen LogP contribution in [0.25, 0.3) is 0 Å². The monoisotopic (exact) mass is 358 g/mol. The van der Waals surface area contributed by atoms with Crippen LogP contribution in [0.3, 0.4) is 0 Å². The summed E-state index contributed by atoms with van der Waals surface area (Å²) in [6.07, 6.45) is 1.76. The Morgan fingerprint density at radius 1 is 1.15 bits per heavy atom. The zero-order valence-corrected chi connectivity index (χ0v) is 16.3. The van der Waals surface area contributed by atoms with Gasteiger partial charge in [0.25, 0.3) is 0 Å². The van der Waals surface area contributed by atoms with E-state index in [0.29, 0.717) is 24.9 Å². The highest BCUT2D eigenvalue weighted by Gasteiger charge is 2.23. The van der Waals surface area contributed by atoms with E-state index in [1.54, 1.807) is 13.1 Å². The van der Waals surface area contributed by atoms with Gasteiger partial charge in [0.15, 0.2) is 5.96 Å². The maximum atomic E-state index is 10.7. The van der Waals surface area contributed by atoms with Crippen molar-refractivity contribution in [2.24, 2.45) is 4.99 Å². The Hall–Kier alpha value is -2.34. The molecular weight excluding hydrogens is 328 g/mol. The van der Waals surface area contributed by atoms with Crippen LogP contribution in [-0.2, 0) is 17.6 Å². The minimum absolute atomic E-state index is 0.0773. The summed E-state index contributed by atoms with van der Waals surface area (Å²) in [5.41, 5.74) is -0.225. The lowest BCUT2D eigenvalue weighted by molar-refractivity contribution is 0.0617. The number of nitrogens with zero attached hydrogens (tertiary/aromatic N) is 2. The highest BCUT2D eigenvalue weighted by molar-refractivity contribution is 5.79. The van der Waals surface area contributed by atoms with Gasteiger partial charge in [-0.05, 0) is 19.4 Å². The number of guanidine groups is 1. The average molecular weight is 358 g/mol.